The number of ether oxygens (including phenoxy) is 1. The Morgan fingerprint density at radius 3 is 2.26 bits per heavy atom. The molecule has 1 unspecified atom stereocenters. The fourth-order valence-electron chi connectivity index (χ4n) is 3.00. The molecule has 0 saturated heterocycles. The minimum atomic E-state index is -0.433. The van der Waals surface area contributed by atoms with Gasteiger partial charge in [-0.05, 0) is 37.2 Å². The van der Waals surface area contributed by atoms with E-state index in [1.54, 1.807) is 19.2 Å². The highest BCUT2D eigenvalue weighted by Gasteiger charge is 2.44. The molecule has 0 heterocycles. The lowest BCUT2D eigenvalue weighted by Crippen LogP contribution is -2.47. The first-order valence-corrected chi connectivity index (χ1v) is 6.95. The third-order valence-corrected chi connectivity index (χ3v) is 4.66. The van der Waals surface area contributed by atoms with Gasteiger partial charge in [-0.3, -0.25) is 0 Å². The second-order valence-electron chi connectivity index (χ2n) is 6.43. The number of nitrogens with two attached hydrogens (primary N) is 1. The zero-order chi connectivity index (χ0) is 14.1. The summed E-state index contributed by atoms with van der Waals surface area (Å²) in [5.41, 5.74) is 6.80. The van der Waals surface area contributed by atoms with Crippen molar-refractivity contribution in [1.29, 1.82) is 0 Å². The highest BCUT2D eigenvalue weighted by atomic mass is 19.1. The van der Waals surface area contributed by atoms with Crippen molar-refractivity contribution in [2.75, 3.05) is 7.11 Å². The summed E-state index contributed by atoms with van der Waals surface area (Å²) in [7, 11) is 1.69. The Morgan fingerprint density at radius 2 is 1.74 bits per heavy atom. The number of rotatable bonds is 3. The van der Waals surface area contributed by atoms with Crippen molar-refractivity contribution >= 4 is 0 Å². The lowest BCUT2D eigenvalue weighted by molar-refractivity contribution is -0.0800. The van der Waals surface area contributed by atoms with E-state index in [0.29, 0.717) is 11.0 Å². The van der Waals surface area contributed by atoms with Crippen LogP contribution in [0.1, 0.15) is 51.1 Å². The molecule has 0 radical (unpaired) electrons. The van der Waals surface area contributed by atoms with E-state index in [1.165, 1.54) is 6.07 Å². The van der Waals surface area contributed by atoms with Gasteiger partial charge in [0.1, 0.15) is 5.82 Å². The van der Waals surface area contributed by atoms with Crippen molar-refractivity contribution in [2.45, 2.75) is 51.2 Å². The Kier molecular flexibility index (Phi) is 3.98. The summed E-state index contributed by atoms with van der Waals surface area (Å²) in [6.07, 6.45) is 3.88. The smallest absolute Gasteiger partial charge is 0.128 e. The van der Waals surface area contributed by atoms with Crippen LogP contribution in [0.3, 0.4) is 0 Å². The van der Waals surface area contributed by atoms with Gasteiger partial charge < -0.3 is 10.5 Å². The zero-order valence-corrected chi connectivity index (χ0v) is 12.1. The van der Waals surface area contributed by atoms with E-state index in [-0.39, 0.29) is 5.82 Å². The monoisotopic (exact) mass is 265 g/mol. The molecule has 2 rings (SSSR count). The topological polar surface area (TPSA) is 35.2 Å². The normalized spacial score (nSPS) is 23.0. The first-order valence-electron chi connectivity index (χ1n) is 6.95. The molecule has 0 amide bonds. The maximum Gasteiger partial charge on any atom is 0.128 e. The van der Waals surface area contributed by atoms with E-state index < -0.39 is 11.6 Å². The maximum absolute atomic E-state index is 13.9. The first-order chi connectivity index (χ1) is 8.90. The molecular formula is C16H24FNO. The van der Waals surface area contributed by atoms with E-state index >= 15 is 0 Å². The quantitative estimate of drug-likeness (QED) is 0.902. The van der Waals surface area contributed by atoms with Crippen LogP contribution in [0.2, 0.25) is 0 Å². The van der Waals surface area contributed by atoms with E-state index in [0.717, 1.165) is 25.7 Å². The largest absolute Gasteiger partial charge is 0.376 e. The van der Waals surface area contributed by atoms with Crippen LogP contribution >= 0.6 is 0 Å². The highest BCUT2D eigenvalue weighted by molar-refractivity contribution is 5.24. The van der Waals surface area contributed by atoms with E-state index in [4.69, 9.17) is 10.5 Å². The maximum atomic E-state index is 13.9. The second kappa shape index (κ2) is 5.22. The van der Waals surface area contributed by atoms with Crippen LogP contribution in [0.25, 0.3) is 0 Å². The van der Waals surface area contributed by atoms with Crippen LogP contribution in [0.15, 0.2) is 24.3 Å². The average molecular weight is 265 g/mol. The molecule has 1 aromatic rings. The van der Waals surface area contributed by atoms with Gasteiger partial charge in [-0.1, -0.05) is 32.0 Å². The molecule has 1 aliphatic rings. The molecular weight excluding hydrogens is 241 g/mol. The van der Waals surface area contributed by atoms with E-state index in [2.05, 4.69) is 13.8 Å². The van der Waals surface area contributed by atoms with Crippen molar-refractivity contribution in [1.82, 2.24) is 0 Å². The van der Waals surface area contributed by atoms with E-state index in [9.17, 15) is 4.39 Å². The Bertz CT molecular complexity index is 434. The number of methoxy groups -OCH3 is 1. The molecule has 3 heteroatoms. The first kappa shape index (κ1) is 14.5. The third kappa shape index (κ3) is 2.82. The SMILES string of the molecule is COC1(C(N)c2ccccc2F)CCC(C)(C)CC1. The standard InChI is InChI=1S/C16H24FNO/c1-15(2)8-10-16(19-3,11-9-15)14(18)12-6-4-5-7-13(12)17/h4-7,14H,8-11,18H2,1-3H3. The Morgan fingerprint density at radius 1 is 1.16 bits per heavy atom. The summed E-state index contributed by atoms with van der Waals surface area (Å²) in [6, 6.07) is 6.34. The third-order valence-electron chi connectivity index (χ3n) is 4.66. The summed E-state index contributed by atoms with van der Waals surface area (Å²) in [4.78, 5) is 0. The molecule has 1 aliphatic carbocycles. The van der Waals surface area contributed by atoms with Gasteiger partial charge in [0.25, 0.3) is 0 Å². The van der Waals surface area contributed by atoms with E-state index in [1.807, 2.05) is 6.07 Å². The Labute approximate surface area is 115 Å². The molecule has 0 spiro atoms. The molecule has 0 aliphatic heterocycles. The number of hydrogen-bond acceptors (Lipinski definition) is 2. The highest BCUT2D eigenvalue weighted by Crippen LogP contribution is 2.46. The fraction of sp³-hybridized carbons (Fsp3) is 0.625. The molecule has 19 heavy (non-hydrogen) atoms. The van der Waals surface area contributed by atoms with Crippen LogP contribution in [0.5, 0.6) is 0 Å². The summed E-state index contributed by atoms with van der Waals surface area (Å²) >= 11 is 0. The Hall–Kier alpha value is -0.930. The van der Waals surface area contributed by atoms with Gasteiger partial charge in [0.15, 0.2) is 0 Å². The lowest BCUT2D eigenvalue weighted by Gasteiger charge is -2.46. The van der Waals surface area contributed by atoms with Gasteiger partial charge in [0.2, 0.25) is 0 Å². The molecule has 2 N–H and O–H groups in total. The Balaban J connectivity index is 2.25. The molecule has 106 valence electrons. The predicted octanol–water partition coefficient (Wildman–Crippen LogP) is 3.81. The zero-order valence-electron chi connectivity index (χ0n) is 12.1. The van der Waals surface area contributed by atoms with Gasteiger partial charge >= 0.3 is 0 Å². The summed E-state index contributed by atoms with van der Waals surface area (Å²) in [5.74, 6) is -0.240. The van der Waals surface area contributed by atoms with Crippen molar-refractivity contribution in [2.24, 2.45) is 11.1 Å². The van der Waals surface area contributed by atoms with Crippen molar-refractivity contribution in [3.63, 3.8) is 0 Å². The van der Waals surface area contributed by atoms with Gasteiger partial charge in [-0.15, -0.1) is 0 Å². The fourth-order valence-corrected chi connectivity index (χ4v) is 3.00. The molecule has 1 aromatic carbocycles. The lowest BCUT2D eigenvalue weighted by atomic mass is 9.67. The van der Waals surface area contributed by atoms with Gasteiger partial charge in [-0.25, -0.2) is 4.39 Å². The van der Waals surface area contributed by atoms with Crippen LogP contribution < -0.4 is 5.73 Å². The van der Waals surface area contributed by atoms with Crippen LogP contribution in [-0.4, -0.2) is 12.7 Å². The second-order valence-corrected chi connectivity index (χ2v) is 6.43. The van der Waals surface area contributed by atoms with Gasteiger partial charge in [-0.2, -0.15) is 0 Å². The number of halogens is 1. The predicted molar refractivity (Wildman–Crippen MR) is 75.3 cm³/mol. The summed E-state index contributed by atoms with van der Waals surface area (Å²) in [6.45, 7) is 4.53. The van der Waals surface area contributed by atoms with Crippen molar-refractivity contribution < 1.29 is 9.13 Å². The van der Waals surface area contributed by atoms with Crippen molar-refractivity contribution in [3.05, 3.63) is 35.6 Å². The number of benzene rings is 1. The van der Waals surface area contributed by atoms with Crippen molar-refractivity contribution in [3.8, 4) is 0 Å². The minimum absolute atomic E-state index is 0.240. The molecule has 0 bridgehead atoms. The number of hydrogen-bond donors (Lipinski definition) is 1. The average Bonchev–Trinajstić information content (AvgIpc) is 2.39. The molecule has 1 saturated carbocycles. The summed E-state index contributed by atoms with van der Waals surface area (Å²) < 4.78 is 19.7. The summed E-state index contributed by atoms with van der Waals surface area (Å²) in [5, 5.41) is 0. The van der Waals surface area contributed by atoms with Gasteiger partial charge in [0, 0.05) is 12.7 Å². The van der Waals surface area contributed by atoms with Crippen LogP contribution in [0, 0.1) is 11.2 Å². The molecule has 0 aromatic heterocycles. The van der Waals surface area contributed by atoms with Gasteiger partial charge in [0.05, 0.1) is 11.6 Å². The molecule has 1 fully saturated rings. The molecule has 2 nitrogen and oxygen atoms in total. The molecule has 1 atom stereocenters. The minimum Gasteiger partial charge on any atom is -0.376 e. The van der Waals surface area contributed by atoms with Crippen LogP contribution in [-0.2, 0) is 4.74 Å². The van der Waals surface area contributed by atoms with Crippen LogP contribution in [0.4, 0.5) is 4.39 Å².